The third-order valence-corrected chi connectivity index (χ3v) is 7.91. The van der Waals surface area contributed by atoms with Crippen molar-refractivity contribution in [3.63, 3.8) is 0 Å². The van der Waals surface area contributed by atoms with Gasteiger partial charge in [-0.15, -0.1) is 11.3 Å². The highest BCUT2D eigenvalue weighted by atomic mass is 79.9. The van der Waals surface area contributed by atoms with Crippen molar-refractivity contribution in [2.45, 2.75) is 24.8 Å². The second kappa shape index (κ2) is 14.5. The minimum Gasteiger partial charge on any atom is -0.463 e. The van der Waals surface area contributed by atoms with E-state index >= 15 is 0 Å². The lowest BCUT2D eigenvalue weighted by Gasteiger charge is -2.28. The van der Waals surface area contributed by atoms with Gasteiger partial charge in [0.1, 0.15) is 28.5 Å². The molecule has 11 heteroatoms. The lowest BCUT2D eigenvalue weighted by Crippen LogP contribution is -2.27. The van der Waals surface area contributed by atoms with Gasteiger partial charge in [0, 0.05) is 11.1 Å². The van der Waals surface area contributed by atoms with Gasteiger partial charge in [0.15, 0.2) is 0 Å². The highest BCUT2D eigenvalue weighted by Gasteiger charge is 2.38. The summed E-state index contributed by atoms with van der Waals surface area (Å²) in [6, 6.07) is 19.0. The number of carbonyl (C=O) groups is 1. The predicted octanol–water partition coefficient (Wildman–Crippen LogP) is 5.86. The van der Waals surface area contributed by atoms with Crippen LogP contribution in [0.25, 0.3) is 10.6 Å². The molecule has 0 radical (unpaired) electrons. The first kappa shape index (κ1) is 29.9. The van der Waals surface area contributed by atoms with Crippen LogP contribution in [0, 0.1) is 22.7 Å². The minimum atomic E-state index is -0.783. The van der Waals surface area contributed by atoms with E-state index in [-0.39, 0.29) is 41.8 Å². The molecule has 3 heterocycles. The quantitative estimate of drug-likeness (QED) is 0.244. The van der Waals surface area contributed by atoms with Gasteiger partial charge in [-0.25, -0.2) is 9.78 Å². The Hall–Kier alpha value is -3.61. The van der Waals surface area contributed by atoms with Crippen LogP contribution in [0.1, 0.15) is 30.9 Å². The van der Waals surface area contributed by atoms with Crippen LogP contribution < -0.4 is 5.73 Å². The molecule has 1 atom stereocenters. The van der Waals surface area contributed by atoms with Gasteiger partial charge in [0.05, 0.1) is 40.0 Å². The molecule has 1 aromatic carbocycles. The van der Waals surface area contributed by atoms with Crippen molar-refractivity contribution in [3.05, 3.63) is 92.3 Å². The highest BCUT2D eigenvalue weighted by molar-refractivity contribution is 9.10. The van der Waals surface area contributed by atoms with Crippen molar-refractivity contribution >= 4 is 45.0 Å². The summed E-state index contributed by atoms with van der Waals surface area (Å²) < 4.78 is 11.9. The first-order valence-corrected chi connectivity index (χ1v) is 14.5. The van der Waals surface area contributed by atoms with Gasteiger partial charge in [-0.1, -0.05) is 52.0 Å². The van der Waals surface area contributed by atoms with Crippen molar-refractivity contribution in [1.29, 1.82) is 10.5 Å². The third-order valence-electron chi connectivity index (χ3n) is 5.30. The Kier molecular flexibility index (Phi) is 11.1. The summed E-state index contributed by atoms with van der Waals surface area (Å²) in [6.07, 6.45) is 0. The number of pyridine rings is 1. The molecule has 2 aromatic heterocycles. The fourth-order valence-electron chi connectivity index (χ4n) is 3.71. The molecule has 4 rings (SSSR count). The lowest BCUT2D eigenvalue weighted by molar-refractivity contribution is -0.139. The van der Waals surface area contributed by atoms with Crippen LogP contribution in [-0.2, 0) is 14.3 Å². The number of hydrogen-bond acceptors (Lipinski definition) is 10. The third kappa shape index (κ3) is 7.08. The molecule has 1 unspecified atom stereocenters. The zero-order valence-corrected chi connectivity index (χ0v) is 24.4. The zero-order chi connectivity index (χ0) is 28.4. The second-order valence-corrected chi connectivity index (χ2v) is 10.5. The number of aromatic nitrogens is 1. The SMILES string of the molecule is CCO.CCOC(=O)C1=C(CSc2nc(-c3cccs3)ccc2C#N)OC(N)=C(C#N)C1c1ccccc1Br. The Balaban J connectivity index is 0.00000134. The van der Waals surface area contributed by atoms with E-state index in [1.165, 1.54) is 11.8 Å². The largest absolute Gasteiger partial charge is 0.463 e. The number of benzene rings is 1. The number of halogens is 1. The summed E-state index contributed by atoms with van der Waals surface area (Å²) in [5.41, 5.74) is 8.30. The standard InChI is InChI=1S/C26H19BrN4O3S2.C2H6O/c1-2-33-26(32)23-20(34-24(30)17(13-29)22(23)16-6-3-4-7-18(16)27)14-36-25-15(12-28)9-10-19(31-25)21-8-5-11-35-21;1-2-3/h3-11,22H,2,14,30H2,1H3;3H,2H2,1H3. The van der Waals surface area contributed by atoms with Crippen molar-refractivity contribution in [3.8, 4) is 22.7 Å². The molecule has 8 nitrogen and oxygen atoms in total. The molecule has 39 heavy (non-hydrogen) atoms. The maximum absolute atomic E-state index is 13.2. The average Bonchev–Trinajstić information content (AvgIpc) is 3.47. The van der Waals surface area contributed by atoms with Crippen LogP contribution >= 0.6 is 39.0 Å². The molecule has 0 saturated carbocycles. The summed E-state index contributed by atoms with van der Waals surface area (Å²) in [6.45, 7) is 3.79. The Morgan fingerprint density at radius 1 is 1.21 bits per heavy atom. The van der Waals surface area contributed by atoms with Crippen LogP contribution in [-0.4, -0.2) is 35.0 Å². The normalized spacial score (nSPS) is 14.5. The Morgan fingerprint density at radius 2 is 1.95 bits per heavy atom. The first-order valence-electron chi connectivity index (χ1n) is 11.8. The van der Waals surface area contributed by atoms with Crippen molar-refractivity contribution in [1.82, 2.24) is 4.98 Å². The minimum absolute atomic E-state index is 0.0808. The van der Waals surface area contributed by atoms with E-state index in [9.17, 15) is 15.3 Å². The number of esters is 1. The summed E-state index contributed by atoms with van der Waals surface area (Å²) >= 11 is 6.32. The number of aliphatic hydroxyl groups is 1. The fourth-order valence-corrected chi connectivity index (χ4v) is 5.83. The van der Waals surface area contributed by atoms with Crippen LogP contribution in [0.15, 0.2) is 86.2 Å². The van der Waals surface area contributed by atoms with E-state index in [4.69, 9.17) is 20.3 Å². The number of ether oxygens (including phenoxy) is 2. The molecule has 200 valence electrons. The van der Waals surface area contributed by atoms with Gasteiger partial charge in [-0.3, -0.25) is 0 Å². The van der Waals surface area contributed by atoms with Crippen molar-refractivity contribution in [2.75, 3.05) is 19.0 Å². The van der Waals surface area contributed by atoms with Gasteiger partial charge >= 0.3 is 5.97 Å². The van der Waals surface area contributed by atoms with Crippen molar-refractivity contribution < 1.29 is 19.4 Å². The van der Waals surface area contributed by atoms with Crippen LogP contribution in [0.5, 0.6) is 0 Å². The number of rotatable bonds is 7. The predicted molar refractivity (Wildman–Crippen MR) is 154 cm³/mol. The highest BCUT2D eigenvalue weighted by Crippen LogP contribution is 2.43. The van der Waals surface area contributed by atoms with Crippen LogP contribution in [0.4, 0.5) is 0 Å². The van der Waals surface area contributed by atoms with E-state index < -0.39 is 11.9 Å². The number of allylic oxidation sites excluding steroid dienone is 1. The molecule has 0 spiro atoms. The molecule has 0 saturated heterocycles. The number of aliphatic hydroxyl groups excluding tert-OH is 1. The topological polar surface area (TPSA) is 142 Å². The van der Waals surface area contributed by atoms with Crippen LogP contribution in [0.2, 0.25) is 0 Å². The summed E-state index contributed by atoms with van der Waals surface area (Å²) in [7, 11) is 0. The van der Waals surface area contributed by atoms with Gasteiger partial charge in [0.25, 0.3) is 0 Å². The number of nitriles is 2. The molecular weight excluding hydrogens is 600 g/mol. The molecule has 0 aliphatic carbocycles. The van der Waals surface area contributed by atoms with E-state index in [0.29, 0.717) is 20.6 Å². The number of nitrogens with two attached hydrogens (primary N) is 1. The molecule has 1 aliphatic rings. The molecule has 0 amide bonds. The average molecular weight is 626 g/mol. The second-order valence-electron chi connectivity index (χ2n) is 7.75. The van der Waals surface area contributed by atoms with Gasteiger partial charge in [-0.2, -0.15) is 10.5 Å². The molecular formula is C28H25BrN4O4S2. The smallest absolute Gasteiger partial charge is 0.338 e. The molecule has 1 aliphatic heterocycles. The number of carbonyl (C=O) groups excluding carboxylic acids is 1. The van der Waals surface area contributed by atoms with E-state index in [2.05, 4.69) is 33.1 Å². The number of thiophene rings is 1. The number of thioether (sulfide) groups is 1. The Morgan fingerprint density at radius 3 is 2.56 bits per heavy atom. The number of nitrogens with zero attached hydrogens (tertiary/aromatic N) is 3. The molecule has 0 bridgehead atoms. The Labute approximate surface area is 243 Å². The van der Waals surface area contributed by atoms with Gasteiger partial charge < -0.3 is 20.3 Å². The number of hydrogen-bond donors (Lipinski definition) is 2. The summed E-state index contributed by atoms with van der Waals surface area (Å²) in [5, 5.41) is 29.5. The van der Waals surface area contributed by atoms with Crippen LogP contribution in [0.3, 0.4) is 0 Å². The molecule has 3 N–H and O–H groups in total. The Bertz CT molecular complexity index is 1470. The maximum Gasteiger partial charge on any atom is 0.338 e. The lowest BCUT2D eigenvalue weighted by atomic mass is 9.83. The van der Waals surface area contributed by atoms with E-state index in [1.807, 2.05) is 41.8 Å². The monoisotopic (exact) mass is 624 g/mol. The zero-order valence-electron chi connectivity index (χ0n) is 21.2. The fraction of sp³-hybridized carbons (Fsp3) is 0.214. The van der Waals surface area contributed by atoms with Crippen molar-refractivity contribution in [2.24, 2.45) is 5.73 Å². The van der Waals surface area contributed by atoms with Gasteiger partial charge in [-0.05, 0) is 49.1 Å². The summed E-state index contributed by atoms with van der Waals surface area (Å²) in [4.78, 5) is 18.8. The molecule has 0 fully saturated rings. The first-order chi connectivity index (χ1) is 18.9. The van der Waals surface area contributed by atoms with E-state index in [1.54, 1.807) is 37.3 Å². The van der Waals surface area contributed by atoms with E-state index in [0.717, 1.165) is 10.6 Å². The maximum atomic E-state index is 13.2. The molecule has 3 aromatic rings. The summed E-state index contributed by atoms with van der Waals surface area (Å²) in [5.74, 6) is -1.07. The van der Waals surface area contributed by atoms with Gasteiger partial charge in [0.2, 0.25) is 5.88 Å².